The number of allylic oxidation sites excluding steroid dienone is 1. The van der Waals surface area contributed by atoms with Crippen LogP contribution in [0.25, 0.3) is 0 Å². The number of aliphatic hydroxyl groups is 1. The highest BCUT2D eigenvalue weighted by molar-refractivity contribution is 5.41. The molecule has 22 heavy (non-hydrogen) atoms. The molecule has 9 rings (SSSR count). The van der Waals surface area contributed by atoms with Gasteiger partial charge in [-0.15, -0.1) is 0 Å². The van der Waals surface area contributed by atoms with E-state index in [1.807, 2.05) is 0 Å². The minimum atomic E-state index is -0.0110. The predicted molar refractivity (Wildman–Crippen MR) is 84.1 cm³/mol. The van der Waals surface area contributed by atoms with Crippen LogP contribution in [0.4, 0.5) is 0 Å². The summed E-state index contributed by atoms with van der Waals surface area (Å²) in [7, 11) is 0. The second-order valence-corrected chi connectivity index (χ2v) is 10.5. The van der Waals surface area contributed by atoms with Crippen molar-refractivity contribution in [1.29, 1.82) is 0 Å². The van der Waals surface area contributed by atoms with Gasteiger partial charge in [-0.1, -0.05) is 19.1 Å². The molecule has 2 spiro atoms. The van der Waals surface area contributed by atoms with Gasteiger partial charge < -0.3 is 5.11 Å². The molecule has 1 N–H and O–H groups in total. The lowest BCUT2D eigenvalue weighted by Gasteiger charge is -2.64. The van der Waals surface area contributed by atoms with Crippen LogP contribution in [0, 0.1) is 39.9 Å². The van der Waals surface area contributed by atoms with Crippen molar-refractivity contribution < 1.29 is 5.11 Å². The first kappa shape index (κ1) is 12.1. The van der Waals surface area contributed by atoms with Gasteiger partial charge in [0.05, 0.1) is 6.10 Å². The van der Waals surface area contributed by atoms with Crippen LogP contribution in [-0.2, 0) is 0 Å². The van der Waals surface area contributed by atoms with Gasteiger partial charge in [-0.25, -0.2) is 0 Å². The molecule has 3 saturated heterocycles. The third-order valence-corrected chi connectivity index (χ3v) is 10.3. The quantitative estimate of drug-likeness (QED) is 0.695. The number of rotatable bonds is 0. The Hall–Kier alpha value is -0.340. The van der Waals surface area contributed by atoms with Crippen LogP contribution in [0.15, 0.2) is 12.2 Å². The zero-order chi connectivity index (χ0) is 14.6. The van der Waals surface area contributed by atoms with Gasteiger partial charge in [0.15, 0.2) is 0 Å². The highest BCUT2D eigenvalue weighted by Crippen LogP contribution is 2.86. The molecule has 9 bridgehead atoms. The van der Waals surface area contributed by atoms with Crippen LogP contribution in [0.3, 0.4) is 0 Å². The maximum Gasteiger partial charge on any atom is 0.0618 e. The molecular weight excluding hydrogens is 270 g/mol. The summed E-state index contributed by atoms with van der Waals surface area (Å²) < 4.78 is 0. The monoisotopic (exact) mass is 297 g/mol. The molecule has 9 fully saturated rings. The van der Waals surface area contributed by atoms with E-state index in [2.05, 4.69) is 18.4 Å². The molecule has 118 valence electrons. The van der Waals surface area contributed by atoms with E-state index in [9.17, 15) is 5.11 Å². The molecule has 6 aliphatic carbocycles. The molecule has 3 heterocycles. The standard InChI is InChI=1S/C20H27NO/c1-10-7-19-8-13-16-18(2)4-3-15(22)20(16)14(19)6-11(10)5-12(19)17(20)21(13)9-18/h11-17,22H,1,3-9H2,2H3/t11-,12+,13+,14+,15?,16+,17+,18?,19-,20?/m0/s1. The van der Waals surface area contributed by atoms with Gasteiger partial charge in [0, 0.05) is 24.0 Å². The highest BCUT2D eigenvalue weighted by atomic mass is 16.3. The summed E-state index contributed by atoms with van der Waals surface area (Å²) in [4.78, 5) is 2.94. The molecule has 3 aliphatic heterocycles. The molecule has 11 atom stereocenters. The second-order valence-electron chi connectivity index (χ2n) is 10.5. The molecule has 0 aromatic heterocycles. The number of piperidine rings is 2. The lowest BCUT2D eigenvalue weighted by atomic mass is 9.40. The van der Waals surface area contributed by atoms with Crippen molar-refractivity contribution in [3.63, 3.8) is 0 Å². The zero-order valence-electron chi connectivity index (χ0n) is 13.6. The Kier molecular flexibility index (Phi) is 1.64. The van der Waals surface area contributed by atoms with Crippen molar-refractivity contribution in [3.8, 4) is 0 Å². The first-order valence-electron chi connectivity index (χ1n) is 9.64. The minimum Gasteiger partial charge on any atom is -0.392 e. The van der Waals surface area contributed by atoms with Crippen molar-refractivity contribution in [2.45, 2.75) is 63.6 Å². The maximum atomic E-state index is 11.3. The largest absolute Gasteiger partial charge is 0.392 e. The Morgan fingerprint density at radius 1 is 1.32 bits per heavy atom. The van der Waals surface area contributed by atoms with E-state index in [1.165, 1.54) is 38.6 Å². The van der Waals surface area contributed by atoms with Gasteiger partial charge in [-0.2, -0.15) is 0 Å². The van der Waals surface area contributed by atoms with Crippen molar-refractivity contribution in [3.05, 3.63) is 12.2 Å². The van der Waals surface area contributed by atoms with Gasteiger partial charge in [-0.05, 0) is 73.0 Å². The van der Waals surface area contributed by atoms with E-state index in [0.717, 1.165) is 42.2 Å². The van der Waals surface area contributed by atoms with Crippen LogP contribution in [0.2, 0.25) is 0 Å². The van der Waals surface area contributed by atoms with Gasteiger partial charge in [-0.3, -0.25) is 4.90 Å². The third kappa shape index (κ3) is 0.833. The molecule has 2 heteroatoms. The number of fused-ring (bicyclic) bond motifs is 1. The fourth-order valence-electron chi connectivity index (χ4n) is 10.3. The van der Waals surface area contributed by atoms with E-state index < -0.39 is 0 Å². The Bertz CT molecular complexity index is 644. The van der Waals surface area contributed by atoms with Crippen molar-refractivity contribution in [2.24, 2.45) is 39.9 Å². The molecule has 0 radical (unpaired) electrons. The van der Waals surface area contributed by atoms with Gasteiger partial charge in [0.2, 0.25) is 0 Å². The topological polar surface area (TPSA) is 23.5 Å². The molecule has 2 nitrogen and oxygen atoms in total. The zero-order valence-corrected chi connectivity index (χ0v) is 13.6. The summed E-state index contributed by atoms with van der Waals surface area (Å²) in [5, 5.41) is 11.3. The van der Waals surface area contributed by atoms with E-state index in [1.54, 1.807) is 5.57 Å². The van der Waals surface area contributed by atoms with E-state index in [-0.39, 0.29) is 11.5 Å². The van der Waals surface area contributed by atoms with Crippen molar-refractivity contribution >= 4 is 0 Å². The van der Waals surface area contributed by atoms with Crippen molar-refractivity contribution in [1.82, 2.24) is 4.90 Å². The molecule has 0 amide bonds. The first-order valence-corrected chi connectivity index (χ1v) is 9.64. The Morgan fingerprint density at radius 3 is 3.05 bits per heavy atom. The Labute approximate surface area is 132 Å². The number of aliphatic hydroxyl groups excluding tert-OH is 1. The summed E-state index contributed by atoms with van der Waals surface area (Å²) in [6.45, 7) is 8.36. The van der Waals surface area contributed by atoms with Crippen LogP contribution in [0.5, 0.6) is 0 Å². The normalized spacial score (nSPS) is 75.1. The summed E-state index contributed by atoms with van der Waals surface area (Å²) in [5.41, 5.74) is 2.92. The van der Waals surface area contributed by atoms with Crippen LogP contribution >= 0.6 is 0 Å². The van der Waals surface area contributed by atoms with Crippen LogP contribution in [0.1, 0.15) is 45.4 Å². The molecule has 4 unspecified atom stereocenters. The lowest BCUT2D eigenvalue weighted by Crippen LogP contribution is -2.63. The van der Waals surface area contributed by atoms with Crippen LogP contribution in [-0.4, -0.2) is 34.7 Å². The van der Waals surface area contributed by atoms with Gasteiger partial charge in [0.1, 0.15) is 0 Å². The van der Waals surface area contributed by atoms with Crippen molar-refractivity contribution in [2.75, 3.05) is 6.54 Å². The summed E-state index contributed by atoms with van der Waals surface area (Å²) in [5.74, 6) is 3.30. The molecule has 0 aromatic carbocycles. The molecule has 6 saturated carbocycles. The maximum absolute atomic E-state index is 11.3. The summed E-state index contributed by atoms with van der Waals surface area (Å²) in [6, 6.07) is 1.54. The summed E-state index contributed by atoms with van der Waals surface area (Å²) in [6.07, 6.45) is 7.86. The van der Waals surface area contributed by atoms with E-state index in [4.69, 9.17) is 0 Å². The fourth-order valence-corrected chi connectivity index (χ4v) is 10.3. The lowest BCUT2D eigenvalue weighted by molar-refractivity contribution is -0.170. The predicted octanol–water partition coefficient (Wildman–Crippen LogP) is 2.82. The molecule has 0 aromatic rings. The smallest absolute Gasteiger partial charge is 0.0618 e. The first-order chi connectivity index (χ1) is 10.5. The highest BCUT2D eigenvalue weighted by Gasteiger charge is 2.88. The molecule has 9 aliphatic rings. The SMILES string of the molecule is C=C1C[C@]23C[C@@H]4[C@@H]5C6(C)CCC(O)C57[C@@H]([C@H]2C[C@H]1C[C@@H]73)N4C6. The number of nitrogens with zero attached hydrogens (tertiary/aromatic N) is 1. The van der Waals surface area contributed by atoms with Gasteiger partial charge >= 0.3 is 0 Å². The average Bonchev–Trinajstić information content (AvgIpc) is 2.89. The Morgan fingerprint density at radius 2 is 2.18 bits per heavy atom. The summed E-state index contributed by atoms with van der Waals surface area (Å²) >= 11 is 0. The minimum absolute atomic E-state index is 0.0110. The third-order valence-electron chi connectivity index (χ3n) is 10.3. The Balaban J connectivity index is 1.54. The number of hydrogen-bond donors (Lipinski definition) is 1. The fraction of sp³-hybridized carbons (Fsp3) is 0.900. The second kappa shape index (κ2) is 2.99. The van der Waals surface area contributed by atoms with E-state index in [0.29, 0.717) is 10.8 Å². The molecular formula is C20H27NO. The van der Waals surface area contributed by atoms with Gasteiger partial charge in [0.25, 0.3) is 0 Å². The van der Waals surface area contributed by atoms with E-state index >= 15 is 0 Å². The van der Waals surface area contributed by atoms with Crippen LogP contribution < -0.4 is 0 Å². The average molecular weight is 297 g/mol. The number of hydrogen-bond acceptors (Lipinski definition) is 2.